The van der Waals surface area contributed by atoms with E-state index in [9.17, 15) is 0 Å². The number of hydrogen-bond donors (Lipinski definition) is 0. The zero-order valence-corrected chi connectivity index (χ0v) is 12.4. The Labute approximate surface area is 127 Å². The first-order valence-corrected chi connectivity index (χ1v) is 7.13. The maximum absolute atomic E-state index is 5.79. The molecule has 2 atom stereocenters. The first-order valence-electron chi connectivity index (χ1n) is 6.37. The first-order chi connectivity index (χ1) is 9.61. The molecule has 2 heterocycles. The van der Waals surface area contributed by atoms with Crippen molar-refractivity contribution >= 4 is 23.2 Å². The number of aromatic nitrogens is 3. The third kappa shape index (κ3) is 3.19. The Hall–Kier alpha value is -1.39. The van der Waals surface area contributed by atoms with E-state index in [0.29, 0.717) is 18.4 Å². The van der Waals surface area contributed by atoms with Gasteiger partial charge in [-0.15, -0.1) is 0 Å². The van der Waals surface area contributed by atoms with E-state index in [1.165, 1.54) is 11.6 Å². The zero-order valence-electron chi connectivity index (χ0n) is 10.9. The van der Waals surface area contributed by atoms with Crippen LogP contribution in [-0.2, 0) is 0 Å². The third-order valence-corrected chi connectivity index (χ3v) is 3.69. The second kappa shape index (κ2) is 5.54. The van der Waals surface area contributed by atoms with Crippen molar-refractivity contribution in [2.24, 2.45) is 5.92 Å². The summed E-state index contributed by atoms with van der Waals surface area (Å²) in [7, 11) is 0. The molecule has 2 aromatic rings. The van der Waals surface area contributed by atoms with Crippen LogP contribution < -0.4 is 4.74 Å². The van der Waals surface area contributed by atoms with Gasteiger partial charge in [0.15, 0.2) is 0 Å². The van der Waals surface area contributed by atoms with Gasteiger partial charge in [0.1, 0.15) is 10.3 Å². The van der Waals surface area contributed by atoms with E-state index in [1.54, 1.807) is 0 Å². The van der Waals surface area contributed by atoms with Gasteiger partial charge in [0, 0.05) is 29.8 Å². The lowest BCUT2D eigenvalue weighted by molar-refractivity contribution is 0.273. The molecule has 0 aliphatic heterocycles. The first kappa shape index (κ1) is 13.6. The highest BCUT2D eigenvalue weighted by Gasteiger charge is 2.40. The predicted octanol–water partition coefficient (Wildman–Crippen LogP) is 3.67. The molecule has 3 rings (SSSR count). The fourth-order valence-electron chi connectivity index (χ4n) is 2.11. The highest BCUT2D eigenvalue weighted by Crippen LogP contribution is 2.46. The summed E-state index contributed by atoms with van der Waals surface area (Å²) in [5.74, 6) is 0.914. The molecule has 4 nitrogen and oxygen atoms in total. The van der Waals surface area contributed by atoms with Gasteiger partial charge in [0.25, 0.3) is 0 Å². The smallest absolute Gasteiger partial charge is 0.319 e. The normalized spacial score (nSPS) is 20.8. The summed E-state index contributed by atoms with van der Waals surface area (Å²) >= 11 is 11.6. The van der Waals surface area contributed by atoms with Gasteiger partial charge in [-0.2, -0.15) is 9.97 Å². The van der Waals surface area contributed by atoms with Crippen LogP contribution in [0, 0.1) is 12.8 Å². The summed E-state index contributed by atoms with van der Waals surface area (Å²) in [5, 5.41) is 0.570. The van der Waals surface area contributed by atoms with Crippen LogP contribution in [0.25, 0.3) is 0 Å². The Bertz CT molecular complexity index is 598. The number of aryl methyl sites for hydroxylation is 1. The molecule has 0 spiro atoms. The molecule has 0 bridgehead atoms. The maximum atomic E-state index is 5.79. The number of hydrogen-bond acceptors (Lipinski definition) is 4. The Morgan fingerprint density at radius 3 is 2.65 bits per heavy atom. The van der Waals surface area contributed by atoms with E-state index in [-0.39, 0.29) is 16.3 Å². The highest BCUT2D eigenvalue weighted by atomic mass is 35.5. The van der Waals surface area contributed by atoms with Crippen molar-refractivity contribution in [1.29, 1.82) is 0 Å². The molecule has 6 heteroatoms. The Kier molecular flexibility index (Phi) is 3.76. The number of halogens is 2. The summed E-state index contributed by atoms with van der Waals surface area (Å²) in [6.45, 7) is 2.58. The predicted molar refractivity (Wildman–Crippen MR) is 77.4 cm³/mol. The Morgan fingerprint density at radius 1 is 1.25 bits per heavy atom. The van der Waals surface area contributed by atoms with E-state index in [0.717, 1.165) is 12.1 Å². The van der Waals surface area contributed by atoms with Gasteiger partial charge in [-0.25, -0.2) is 0 Å². The van der Waals surface area contributed by atoms with Gasteiger partial charge in [0.2, 0.25) is 0 Å². The molecule has 1 fully saturated rings. The molecule has 104 valence electrons. The Morgan fingerprint density at radius 2 is 2.00 bits per heavy atom. The summed E-state index contributed by atoms with van der Waals surface area (Å²) in [6, 6.07) is 5.86. The average Bonchev–Trinajstić information content (AvgIpc) is 3.16. The average molecular weight is 310 g/mol. The van der Waals surface area contributed by atoms with Gasteiger partial charge in [0.05, 0.1) is 6.61 Å². The number of rotatable bonds is 4. The molecule has 2 unspecified atom stereocenters. The van der Waals surface area contributed by atoms with E-state index >= 15 is 0 Å². The van der Waals surface area contributed by atoms with Crippen molar-refractivity contribution in [3.05, 3.63) is 46.0 Å². The summed E-state index contributed by atoms with van der Waals surface area (Å²) in [5.41, 5.74) is 2.29. The van der Waals surface area contributed by atoms with Crippen LogP contribution in [0.15, 0.2) is 24.4 Å². The number of nitrogens with zero attached hydrogens (tertiary/aromatic N) is 3. The van der Waals surface area contributed by atoms with Crippen molar-refractivity contribution in [1.82, 2.24) is 15.0 Å². The van der Waals surface area contributed by atoms with Crippen LogP contribution in [0.2, 0.25) is 10.3 Å². The molecule has 0 saturated heterocycles. The summed E-state index contributed by atoms with van der Waals surface area (Å²) < 4.78 is 5.55. The minimum Gasteiger partial charge on any atom is -0.463 e. The molecule has 2 aromatic heterocycles. The van der Waals surface area contributed by atoms with Crippen molar-refractivity contribution < 1.29 is 4.74 Å². The lowest BCUT2D eigenvalue weighted by atomic mass is 10.2. The molecule has 20 heavy (non-hydrogen) atoms. The minimum atomic E-state index is 0.227. The maximum Gasteiger partial charge on any atom is 0.319 e. The molecule has 0 radical (unpaired) electrons. The van der Waals surface area contributed by atoms with Gasteiger partial charge >= 0.3 is 6.01 Å². The van der Waals surface area contributed by atoms with Crippen molar-refractivity contribution in [3.8, 4) is 6.01 Å². The van der Waals surface area contributed by atoms with Crippen LogP contribution in [0.1, 0.15) is 23.6 Å². The van der Waals surface area contributed by atoms with Gasteiger partial charge in [-0.3, -0.25) is 4.98 Å². The zero-order chi connectivity index (χ0) is 14.1. The van der Waals surface area contributed by atoms with E-state index in [2.05, 4.69) is 27.1 Å². The van der Waals surface area contributed by atoms with E-state index in [4.69, 9.17) is 27.9 Å². The molecule has 1 saturated carbocycles. The van der Waals surface area contributed by atoms with E-state index < -0.39 is 0 Å². The summed E-state index contributed by atoms with van der Waals surface area (Å²) in [6.07, 6.45) is 2.97. The van der Waals surface area contributed by atoms with Gasteiger partial charge < -0.3 is 4.74 Å². The van der Waals surface area contributed by atoms with Crippen LogP contribution in [-0.4, -0.2) is 21.6 Å². The lowest BCUT2D eigenvalue weighted by Gasteiger charge is -2.04. The minimum absolute atomic E-state index is 0.227. The molecular weight excluding hydrogens is 297 g/mol. The highest BCUT2D eigenvalue weighted by molar-refractivity contribution is 6.33. The van der Waals surface area contributed by atoms with Crippen molar-refractivity contribution in [3.63, 3.8) is 0 Å². The van der Waals surface area contributed by atoms with Gasteiger partial charge in [-0.05, 0) is 25.0 Å². The summed E-state index contributed by atoms with van der Waals surface area (Å²) in [4.78, 5) is 12.4. The lowest BCUT2D eigenvalue weighted by Crippen LogP contribution is -2.04. The molecule has 0 N–H and O–H groups in total. The second-order valence-corrected chi connectivity index (χ2v) is 5.74. The topological polar surface area (TPSA) is 47.9 Å². The van der Waals surface area contributed by atoms with Crippen LogP contribution in [0.3, 0.4) is 0 Å². The van der Waals surface area contributed by atoms with Crippen LogP contribution in [0.5, 0.6) is 6.01 Å². The number of ether oxygens (including phenoxy) is 1. The van der Waals surface area contributed by atoms with E-state index in [1.807, 2.05) is 13.1 Å². The van der Waals surface area contributed by atoms with Crippen LogP contribution in [0.4, 0.5) is 0 Å². The Balaban J connectivity index is 1.57. The second-order valence-electron chi connectivity index (χ2n) is 4.97. The number of pyridine rings is 1. The monoisotopic (exact) mass is 309 g/mol. The van der Waals surface area contributed by atoms with Crippen molar-refractivity contribution in [2.75, 3.05) is 6.61 Å². The van der Waals surface area contributed by atoms with Crippen LogP contribution >= 0.6 is 23.2 Å². The molecule has 0 amide bonds. The van der Waals surface area contributed by atoms with Crippen molar-refractivity contribution in [2.45, 2.75) is 19.3 Å². The fourth-order valence-corrected chi connectivity index (χ4v) is 2.52. The SMILES string of the molecule is Cc1ccc(C2CC2COc2nc(Cl)cc(Cl)n2)nc1. The fraction of sp³-hybridized carbons (Fsp3) is 0.357. The molecule has 0 aromatic carbocycles. The molecule has 1 aliphatic carbocycles. The molecular formula is C14H13Cl2N3O. The quantitative estimate of drug-likeness (QED) is 0.809. The standard InChI is InChI=1S/C14H13Cl2N3O/c1-8-2-3-11(17-6-8)10-4-9(10)7-20-14-18-12(15)5-13(16)19-14/h2-3,5-6,9-10H,4,7H2,1H3. The molecule has 1 aliphatic rings. The largest absolute Gasteiger partial charge is 0.463 e. The third-order valence-electron chi connectivity index (χ3n) is 3.31. The van der Waals surface area contributed by atoms with Gasteiger partial charge in [-0.1, -0.05) is 29.3 Å².